The molecule has 0 saturated carbocycles. The van der Waals surface area contributed by atoms with Gasteiger partial charge in [0.2, 0.25) is 5.91 Å². The maximum Gasteiger partial charge on any atom is 0.224 e. The van der Waals surface area contributed by atoms with E-state index in [-0.39, 0.29) is 17.0 Å². The molecule has 0 unspecified atom stereocenters. The van der Waals surface area contributed by atoms with Crippen LogP contribution in [0.25, 0.3) is 0 Å². The highest BCUT2D eigenvalue weighted by atomic mass is 19.1. The van der Waals surface area contributed by atoms with Gasteiger partial charge in [-0.1, -0.05) is 20.8 Å². The molecule has 1 rings (SSSR count). The first-order valence-electron chi connectivity index (χ1n) is 7.21. The lowest BCUT2D eigenvalue weighted by Gasteiger charge is -2.26. The van der Waals surface area contributed by atoms with Crippen molar-refractivity contribution in [3.05, 3.63) is 24.0 Å². The van der Waals surface area contributed by atoms with E-state index in [0.717, 1.165) is 19.5 Å². The summed E-state index contributed by atoms with van der Waals surface area (Å²) in [7, 11) is 2.06. The van der Waals surface area contributed by atoms with E-state index in [0.29, 0.717) is 12.1 Å². The second kappa shape index (κ2) is 7.41. The topological polar surface area (TPSA) is 58.4 Å². The van der Waals surface area contributed by atoms with Gasteiger partial charge in [0.25, 0.3) is 0 Å². The molecule has 0 aliphatic heterocycles. The highest BCUT2D eigenvalue weighted by molar-refractivity contribution is 5.91. The molecule has 0 saturated heterocycles. The minimum absolute atomic E-state index is 0.0395. The van der Waals surface area contributed by atoms with Crippen molar-refractivity contribution in [1.82, 2.24) is 4.90 Å². The molecule has 0 bridgehead atoms. The standard InChI is InChI=1S/C16H26FN3O/c1-16(2,3)11-20(4)9-5-6-15(21)19-12-7-8-13(17)14(18)10-12/h7-8,10H,5-6,9,11,18H2,1-4H3,(H,19,21). The molecule has 4 nitrogen and oxygen atoms in total. The first kappa shape index (κ1) is 17.4. The minimum Gasteiger partial charge on any atom is -0.396 e. The Morgan fingerprint density at radius 1 is 1.38 bits per heavy atom. The summed E-state index contributed by atoms with van der Waals surface area (Å²) >= 11 is 0. The number of hydrogen-bond acceptors (Lipinski definition) is 3. The molecular weight excluding hydrogens is 269 g/mol. The quantitative estimate of drug-likeness (QED) is 0.793. The van der Waals surface area contributed by atoms with Gasteiger partial charge in [-0.15, -0.1) is 0 Å². The van der Waals surface area contributed by atoms with Gasteiger partial charge in [-0.3, -0.25) is 4.79 Å². The van der Waals surface area contributed by atoms with Gasteiger partial charge >= 0.3 is 0 Å². The van der Waals surface area contributed by atoms with Gasteiger partial charge < -0.3 is 16.0 Å². The number of carbonyl (C=O) groups is 1. The second-order valence-corrected chi connectivity index (χ2v) is 6.69. The van der Waals surface area contributed by atoms with E-state index in [9.17, 15) is 9.18 Å². The van der Waals surface area contributed by atoms with E-state index in [1.807, 2.05) is 0 Å². The molecular formula is C16H26FN3O. The van der Waals surface area contributed by atoms with Gasteiger partial charge in [0.05, 0.1) is 5.69 Å². The zero-order chi connectivity index (χ0) is 16.0. The summed E-state index contributed by atoms with van der Waals surface area (Å²) in [5.74, 6) is -0.554. The average molecular weight is 295 g/mol. The van der Waals surface area contributed by atoms with Gasteiger partial charge in [0, 0.05) is 18.7 Å². The summed E-state index contributed by atoms with van der Waals surface area (Å²) in [6.07, 6.45) is 1.22. The van der Waals surface area contributed by atoms with Crippen molar-refractivity contribution in [1.29, 1.82) is 0 Å². The number of amides is 1. The molecule has 0 spiro atoms. The van der Waals surface area contributed by atoms with Crippen LogP contribution in [0.1, 0.15) is 33.6 Å². The Hall–Kier alpha value is -1.62. The predicted octanol–water partition coefficient (Wildman–Crippen LogP) is 3.10. The van der Waals surface area contributed by atoms with Gasteiger partial charge in [-0.05, 0) is 43.6 Å². The van der Waals surface area contributed by atoms with Crippen LogP contribution in [0.4, 0.5) is 15.8 Å². The largest absolute Gasteiger partial charge is 0.396 e. The highest BCUT2D eigenvalue weighted by Gasteiger charge is 2.13. The van der Waals surface area contributed by atoms with Gasteiger partial charge in [0.1, 0.15) is 5.82 Å². The molecule has 1 amide bonds. The summed E-state index contributed by atoms with van der Waals surface area (Å²) in [6, 6.07) is 4.19. The Morgan fingerprint density at radius 3 is 2.62 bits per heavy atom. The van der Waals surface area contributed by atoms with Crippen molar-refractivity contribution >= 4 is 17.3 Å². The van der Waals surface area contributed by atoms with E-state index in [1.165, 1.54) is 18.2 Å². The Labute approximate surface area is 126 Å². The van der Waals surface area contributed by atoms with Crippen molar-refractivity contribution in [3.8, 4) is 0 Å². The van der Waals surface area contributed by atoms with Crippen LogP contribution in [0.3, 0.4) is 0 Å². The second-order valence-electron chi connectivity index (χ2n) is 6.69. The fourth-order valence-corrected chi connectivity index (χ4v) is 2.24. The van der Waals surface area contributed by atoms with Crippen LogP contribution in [0, 0.1) is 11.2 Å². The van der Waals surface area contributed by atoms with Crippen molar-refractivity contribution < 1.29 is 9.18 Å². The molecule has 1 aromatic carbocycles. The molecule has 0 fully saturated rings. The summed E-state index contributed by atoms with van der Waals surface area (Å²) in [5, 5.41) is 2.73. The molecule has 0 radical (unpaired) electrons. The van der Waals surface area contributed by atoms with Crippen molar-refractivity contribution in [2.75, 3.05) is 31.2 Å². The van der Waals surface area contributed by atoms with Gasteiger partial charge in [-0.25, -0.2) is 4.39 Å². The van der Waals surface area contributed by atoms with Crippen LogP contribution in [0.5, 0.6) is 0 Å². The molecule has 0 aliphatic carbocycles. The zero-order valence-corrected chi connectivity index (χ0v) is 13.4. The highest BCUT2D eigenvalue weighted by Crippen LogP contribution is 2.17. The van der Waals surface area contributed by atoms with Crippen LogP contribution >= 0.6 is 0 Å². The Morgan fingerprint density at radius 2 is 2.05 bits per heavy atom. The van der Waals surface area contributed by atoms with E-state index in [2.05, 4.69) is 38.0 Å². The van der Waals surface area contributed by atoms with Crippen molar-refractivity contribution in [2.24, 2.45) is 5.41 Å². The van der Waals surface area contributed by atoms with E-state index < -0.39 is 5.82 Å². The number of nitrogen functional groups attached to an aromatic ring is 1. The fraction of sp³-hybridized carbons (Fsp3) is 0.562. The van der Waals surface area contributed by atoms with Crippen LogP contribution in [-0.2, 0) is 4.79 Å². The smallest absolute Gasteiger partial charge is 0.224 e. The summed E-state index contributed by atoms with van der Waals surface area (Å²) in [4.78, 5) is 14.0. The van der Waals surface area contributed by atoms with E-state index in [4.69, 9.17) is 5.73 Å². The summed E-state index contributed by atoms with van der Waals surface area (Å²) in [5.41, 5.74) is 6.28. The number of nitrogens with zero attached hydrogens (tertiary/aromatic N) is 1. The van der Waals surface area contributed by atoms with E-state index in [1.54, 1.807) is 0 Å². The number of rotatable bonds is 6. The molecule has 3 N–H and O–H groups in total. The number of nitrogens with one attached hydrogen (secondary N) is 1. The lowest BCUT2D eigenvalue weighted by molar-refractivity contribution is -0.116. The SMILES string of the molecule is CN(CCCC(=O)Nc1ccc(F)c(N)c1)CC(C)(C)C. The van der Waals surface area contributed by atoms with Gasteiger partial charge in [0.15, 0.2) is 0 Å². The third-order valence-corrected chi connectivity index (χ3v) is 2.97. The lowest BCUT2D eigenvalue weighted by Crippen LogP contribution is -2.30. The summed E-state index contributed by atoms with van der Waals surface area (Å²) < 4.78 is 13.0. The summed E-state index contributed by atoms with van der Waals surface area (Å²) in [6.45, 7) is 8.43. The third kappa shape index (κ3) is 7.09. The maximum atomic E-state index is 13.0. The van der Waals surface area contributed by atoms with Crippen LogP contribution in [0.2, 0.25) is 0 Å². The maximum absolute atomic E-state index is 13.0. The fourth-order valence-electron chi connectivity index (χ4n) is 2.24. The first-order chi connectivity index (χ1) is 9.67. The van der Waals surface area contributed by atoms with Gasteiger partial charge in [-0.2, -0.15) is 0 Å². The molecule has 0 aromatic heterocycles. The average Bonchev–Trinajstić information content (AvgIpc) is 2.31. The minimum atomic E-state index is -0.475. The zero-order valence-electron chi connectivity index (χ0n) is 13.4. The van der Waals surface area contributed by atoms with Crippen LogP contribution in [-0.4, -0.2) is 30.9 Å². The lowest BCUT2D eigenvalue weighted by atomic mass is 9.96. The molecule has 5 heteroatoms. The number of benzene rings is 1. The monoisotopic (exact) mass is 295 g/mol. The van der Waals surface area contributed by atoms with E-state index >= 15 is 0 Å². The molecule has 21 heavy (non-hydrogen) atoms. The normalized spacial score (nSPS) is 11.7. The van der Waals surface area contributed by atoms with Crippen molar-refractivity contribution in [2.45, 2.75) is 33.6 Å². The number of anilines is 2. The molecule has 0 aliphatic rings. The third-order valence-electron chi connectivity index (χ3n) is 2.97. The molecule has 0 atom stereocenters. The van der Waals surface area contributed by atoms with Crippen LogP contribution in [0.15, 0.2) is 18.2 Å². The Bertz CT molecular complexity index is 483. The molecule has 118 valence electrons. The number of nitrogens with two attached hydrogens (primary N) is 1. The number of hydrogen-bond donors (Lipinski definition) is 2. The first-order valence-corrected chi connectivity index (χ1v) is 7.21. The predicted molar refractivity (Wildman–Crippen MR) is 85.6 cm³/mol. The Balaban J connectivity index is 2.33. The number of carbonyl (C=O) groups excluding carboxylic acids is 1. The molecule has 1 aromatic rings. The number of halogens is 1. The molecule has 0 heterocycles. The van der Waals surface area contributed by atoms with Crippen LogP contribution < -0.4 is 11.1 Å². The Kier molecular flexibility index (Phi) is 6.15. The van der Waals surface area contributed by atoms with Crippen molar-refractivity contribution in [3.63, 3.8) is 0 Å².